The minimum atomic E-state index is -4.83. The van der Waals surface area contributed by atoms with Gasteiger partial charge in [-0.05, 0) is 62.7 Å². The van der Waals surface area contributed by atoms with Gasteiger partial charge in [-0.2, -0.15) is 0 Å². The Kier molecular flexibility index (Phi) is 22.3. The summed E-state index contributed by atoms with van der Waals surface area (Å²) in [7, 11) is -9.49. The van der Waals surface area contributed by atoms with Crippen molar-refractivity contribution in [2.24, 2.45) is 11.3 Å². The van der Waals surface area contributed by atoms with Gasteiger partial charge in [-0.15, -0.1) is 11.8 Å². The SMILES string of the molecule is CCC(=O)N1CCC[C@H]1COP(=O)(O)O[C@@H]1C[C@@H](COP(=O)(O)O[C@@H]2C[C@@H](COC3CCC(CC)CC3)N(C(=O)CCSCOC3OC(CO)C(O)C(O)C3NC(C)=O)C2)N(C(=O)CC(C)(C)C)C1. The van der Waals surface area contributed by atoms with Crippen LogP contribution in [0.4, 0.5) is 0 Å². The number of aliphatic hydroxyl groups is 3. The average molecular weight is 1050 g/mol. The van der Waals surface area contributed by atoms with Crippen LogP contribution in [0, 0.1) is 11.3 Å². The third-order valence-corrected chi connectivity index (χ3v) is 16.3. The molecular weight excluding hydrogens is 967 g/mol. The lowest BCUT2D eigenvalue weighted by molar-refractivity contribution is -0.264. The van der Waals surface area contributed by atoms with Crippen molar-refractivity contribution < 1.29 is 85.7 Å². The van der Waals surface area contributed by atoms with Gasteiger partial charge in [-0.1, -0.05) is 41.0 Å². The molecule has 1 saturated carbocycles. The molecule has 4 aliphatic heterocycles. The summed E-state index contributed by atoms with van der Waals surface area (Å²) in [4.78, 5) is 78.0. The monoisotopic (exact) mass is 1040 g/mol. The summed E-state index contributed by atoms with van der Waals surface area (Å²) in [6, 6.07) is -2.80. The second-order valence-electron chi connectivity index (χ2n) is 20.1. The maximum Gasteiger partial charge on any atom is 0.472 e. The molecule has 0 aromatic rings. The Morgan fingerprint density at radius 3 is 1.93 bits per heavy atom. The molecule has 69 heavy (non-hydrogen) atoms. The molecule has 12 atom stereocenters. The summed E-state index contributed by atoms with van der Waals surface area (Å²) in [5.41, 5.74) is -0.425. The van der Waals surface area contributed by atoms with Gasteiger partial charge in [0.25, 0.3) is 0 Å². The van der Waals surface area contributed by atoms with E-state index in [1.807, 2.05) is 20.8 Å². The minimum Gasteiger partial charge on any atom is -0.394 e. The predicted octanol–water partition coefficient (Wildman–Crippen LogP) is 3.06. The van der Waals surface area contributed by atoms with E-state index in [-0.39, 0.29) is 93.5 Å². The summed E-state index contributed by atoms with van der Waals surface area (Å²) in [6.07, 6.45) is -0.212. The van der Waals surface area contributed by atoms with Crippen molar-refractivity contribution in [3.05, 3.63) is 0 Å². The summed E-state index contributed by atoms with van der Waals surface area (Å²) in [6.45, 7) is 10.1. The van der Waals surface area contributed by atoms with Crippen LogP contribution in [0.1, 0.15) is 119 Å². The zero-order valence-corrected chi connectivity index (χ0v) is 43.6. The topological polar surface area (TPSA) is 290 Å². The van der Waals surface area contributed by atoms with Crippen LogP contribution in [0.2, 0.25) is 0 Å². The molecule has 0 bridgehead atoms. The van der Waals surface area contributed by atoms with E-state index in [0.29, 0.717) is 25.3 Å². The Morgan fingerprint density at radius 2 is 1.36 bits per heavy atom. The predicted molar refractivity (Wildman–Crippen MR) is 251 cm³/mol. The van der Waals surface area contributed by atoms with E-state index in [0.717, 1.165) is 38.5 Å². The van der Waals surface area contributed by atoms with E-state index in [9.17, 15) is 53.4 Å². The number of likely N-dealkylation sites (tertiary alicyclic amines) is 3. The second kappa shape index (κ2) is 26.4. The molecule has 0 aromatic carbocycles. The van der Waals surface area contributed by atoms with E-state index >= 15 is 0 Å². The van der Waals surface area contributed by atoms with Crippen molar-refractivity contribution in [3.8, 4) is 0 Å². The van der Waals surface area contributed by atoms with Crippen LogP contribution < -0.4 is 5.32 Å². The standard InChI is InChI=1S/C44H78N4O18P2S/c1-7-29-11-13-33(14-12-29)60-24-31-18-34(21-47(31)38(52)15-17-69-27-61-43-40(45-28(3)50)42(55)41(54)36(23-49)64-43)65-68(58,59)63-26-32-19-35(22-48(32)39(53)20-44(4,5)6)66-67(56,57)62-25-30-10-9-16-46(30)37(51)8-2/h29-36,40-43,49,54-55H,7-27H2,1-6H3,(H,45,50)(H,56,57)(H,58,59)/t29?,30-,31-,32-,33?,34+,35+,36?,40?,41?,42?,43?/m0/s1. The number of carbonyl (C=O) groups excluding carboxylic acids is 4. The molecule has 5 rings (SSSR count). The molecule has 0 spiro atoms. The number of phosphoric ester groups is 2. The van der Waals surface area contributed by atoms with Gasteiger partial charge in [0.05, 0.1) is 68.8 Å². The first-order chi connectivity index (χ1) is 32.5. The lowest BCUT2D eigenvalue weighted by atomic mass is 9.86. The number of thioether (sulfide) groups is 1. The Balaban J connectivity index is 1.17. The van der Waals surface area contributed by atoms with Crippen LogP contribution in [0.5, 0.6) is 0 Å². The fourth-order valence-electron chi connectivity index (χ4n) is 9.76. The molecule has 0 aromatic heterocycles. The van der Waals surface area contributed by atoms with Gasteiger partial charge in [-0.3, -0.25) is 37.3 Å². The molecule has 22 nitrogen and oxygen atoms in total. The number of nitrogens with one attached hydrogen (secondary N) is 1. The van der Waals surface area contributed by atoms with Gasteiger partial charge >= 0.3 is 15.6 Å². The quantitative estimate of drug-likeness (QED) is 0.0460. The molecular formula is C44H78N4O18P2S. The summed E-state index contributed by atoms with van der Waals surface area (Å²) in [5, 5.41) is 33.0. The average Bonchev–Trinajstić information content (AvgIpc) is 4.04. The summed E-state index contributed by atoms with van der Waals surface area (Å²) >= 11 is 1.23. The van der Waals surface area contributed by atoms with Gasteiger partial charge in [0.2, 0.25) is 23.6 Å². The molecule has 1 aliphatic carbocycles. The number of aliphatic hydroxyl groups excluding tert-OH is 3. The van der Waals surface area contributed by atoms with Crippen LogP contribution in [0.3, 0.4) is 0 Å². The maximum atomic E-state index is 13.8. The van der Waals surface area contributed by atoms with Crippen molar-refractivity contribution in [1.29, 1.82) is 0 Å². The van der Waals surface area contributed by atoms with Crippen molar-refractivity contribution >= 4 is 51.0 Å². The number of phosphoric acid groups is 2. The largest absolute Gasteiger partial charge is 0.472 e. The molecule has 25 heteroatoms. The van der Waals surface area contributed by atoms with Gasteiger partial charge in [0, 0.05) is 51.6 Å². The molecule has 7 unspecified atom stereocenters. The van der Waals surface area contributed by atoms with E-state index < -0.39 is 95.1 Å². The lowest BCUT2D eigenvalue weighted by Crippen LogP contribution is -2.64. The highest BCUT2D eigenvalue weighted by molar-refractivity contribution is 7.99. The number of hydrogen-bond donors (Lipinski definition) is 6. The highest BCUT2D eigenvalue weighted by Crippen LogP contribution is 2.50. The van der Waals surface area contributed by atoms with Gasteiger partial charge in [-0.25, -0.2) is 9.13 Å². The van der Waals surface area contributed by atoms with E-state index in [1.54, 1.807) is 16.7 Å². The first kappa shape index (κ1) is 58.1. The molecule has 4 saturated heterocycles. The molecule has 5 aliphatic rings. The van der Waals surface area contributed by atoms with Gasteiger partial charge in [0.1, 0.15) is 24.4 Å². The van der Waals surface area contributed by atoms with Crippen molar-refractivity contribution in [2.75, 3.05) is 57.8 Å². The third-order valence-electron chi connectivity index (χ3n) is 13.4. The van der Waals surface area contributed by atoms with Gasteiger partial charge < -0.3 is 59.3 Å². The van der Waals surface area contributed by atoms with Crippen LogP contribution in [-0.2, 0) is 60.6 Å². The number of amides is 4. The molecule has 5 fully saturated rings. The molecule has 6 N–H and O–H groups in total. The first-order valence-corrected chi connectivity index (χ1v) is 28.6. The summed E-state index contributed by atoms with van der Waals surface area (Å²) in [5.74, 6) is -0.248. The van der Waals surface area contributed by atoms with Crippen LogP contribution in [0.15, 0.2) is 0 Å². The Labute approximate surface area is 410 Å². The first-order valence-electron chi connectivity index (χ1n) is 24.4. The molecule has 4 amide bonds. The Hall–Kier alpha value is -1.79. The zero-order valence-electron chi connectivity index (χ0n) is 41.0. The van der Waals surface area contributed by atoms with Gasteiger partial charge in [0.15, 0.2) is 6.29 Å². The smallest absolute Gasteiger partial charge is 0.394 e. The maximum absolute atomic E-state index is 13.8. The minimum absolute atomic E-state index is 0.0141. The van der Waals surface area contributed by atoms with Crippen molar-refractivity contribution in [1.82, 2.24) is 20.0 Å². The number of hydrogen-bond acceptors (Lipinski definition) is 17. The normalized spacial score (nSPS) is 32.8. The second-order valence-corrected chi connectivity index (χ2v) is 24.0. The highest BCUT2D eigenvalue weighted by atomic mass is 32.2. The molecule has 398 valence electrons. The Bertz CT molecular complexity index is 1790. The number of ether oxygens (including phenoxy) is 3. The zero-order chi connectivity index (χ0) is 50.7. The van der Waals surface area contributed by atoms with E-state index in [2.05, 4.69) is 12.2 Å². The van der Waals surface area contributed by atoms with Crippen LogP contribution in [-0.4, -0.2) is 188 Å². The highest BCUT2D eigenvalue weighted by Gasteiger charge is 2.47. The number of nitrogens with zero attached hydrogens (tertiary/aromatic N) is 3. The fraction of sp³-hybridized carbons (Fsp3) is 0.909. The van der Waals surface area contributed by atoms with Crippen LogP contribution >= 0.6 is 27.4 Å². The number of rotatable bonds is 24. The van der Waals surface area contributed by atoms with Crippen molar-refractivity contribution in [3.63, 3.8) is 0 Å². The molecule has 4 heterocycles. The third kappa shape index (κ3) is 17.7. The molecule has 0 radical (unpaired) electrons. The number of carbonyl (C=O) groups is 4. The van der Waals surface area contributed by atoms with Crippen LogP contribution in [0.25, 0.3) is 0 Å². The fourth-order valence-corrected chi connectivity index (χ4v) is 12.3. The Morgan fingerprint density at radius 1 is 0.768 bits per heavy atom. The van der Waals surface area contributed by atoms with Crippen molar-refractivity contribution in [2.45, 2.75) is 186 Å². The lowest BCUT2D eigenvalue weighted by Gasteiger charge is -2.42. The van der Waals surface area contributed by atoms with E-state index in [1.165, 1.54) is 23.6 Å². The summed E-state index contributed by atoms with van der Waals surface area (Å²) < 4.78 is 66.7. The van der Waals surface area contributed by atoms with E-state index in [4.69, 9.17) is 32.3 Å².